The zero-order valence-electron chi connectivity index (χ0n) is 16.9. The number of carbonyl (C=O) groups is 1. The summed E-state index contributed by atoms with van der Waals surface area (Å²) < 4.78 is 22.7. The van der Waals surface area contributed by atoms with Gasteiger partial charge in [0.25, 0.3) is 0 Å². The lowest BCUT2D eigenvalue weighted by Crippen LogP contribution is -2.43. The molecule has 1 aromatic rings. The van der Waals surface area contributed by atoms with E-state index in [1.165, 1.54) is 0 Å². The minimum Gasteiger partial charge on any atom is -0.490 e. The van der Waals surface area contributed by atoms with E-state index in [4.69, 9.17) is 18.9 Å². The predicted octanol–water partition coefficient (Wildman–Crippen LogP) is 3.50. The maximum atomic E-state index is 12.7. The Kier molecular flexibility index (Phi) is 7.74. The molecule has 28 heavy (non-hydrogen) atoms. The molecule has 6 heteroatoms. The third-order valence-corrected chi connectivity index (χ3v) is 4.95. The predicted molar refractivity (Wildman–Crippen MR) is 107 cm³/mol. The summed E-state index contributed by atoms with van der Waals surface area (Å²) in [5.41, 5.74) is 0.914. The van der Waals surface area contributed by atoms with Crippen molar-refractivity contribution < 1.29 is 23.7 Å². The Hall–Kier alpha value is -2.05. The van der Waals surface area contributed by atoms with Crippen molar-refractivity contribution in [3.63, 3.8) is 0 Å². The monoisotopic (exact) mass is 389 g/mol. The van der Waals surface area contributed by atoms with Crippen LogP contribution >= 0.6 is 0 Å². The molecule has 0 aliphatic carbocycles. The molecule has 0 spiro atoms. The van der Waals surface area contributed by atoms with E-state index in [2.05, 4.69) is 6.92 Å². The van der Waals surface area contributed by atoms with Crippen LogP contribution in [-0.4, -0.2) is 56.6 Å². The second-order valence-electron chi connectivity index (χ2n) is 7.12. The molecule has 154 valence electrons. The maximum absolute atomic E-state index is 12.7. The van der Waals surface area contributed by atoms with Crippen LogP contribution in [0.2, 0.25) is 0 Å². The van der Waals surface area contributed by atoms with Crippen LogP contribution in [0, 0.1) is 5.92 Å². The summed E-state index contributed by atoms with van der Waals surface area (Å²) in [6.45, 7) is 7.99. The zero-order valence-corrected chi connectivity index (χ0v) is 16.9. The largest absolute Gasteiger partial charge is 0.490 e. The average molecular weight is 389 g/mol. The molecule has 0 saturated carbocycles. The molecule has 1 unspecified atom stereocenters. The summed E-state index contributed by atoms with van der Waals surface area (Å²) >= 11 is 0. The number of carbonyl (C=O) groups excluding carboxylic acids is 1. The number of benzene rings is 1. The summed E-state index contributed by atoms with van der Waals surface area (Å²) in [6.07, 6.45) is 6.26. The molecule has 0 radical (unpaired) electrons. The highest BCUT2D eigenvalue weighted by atomic mass is 16.7. The van der Waals surface area contributed by atoms with E-state index in [1.54, 1.807) is 6.08 Å². The van der Waals surface area contributed by atoms with Crippen LogP contribution in [-0.2, 0) is 14.3 Å². The van der Waals surface area contributed by atoms with Gasteiger partial charge in [0, 0.05) is 25.1 Å². The molecule has 2 aliphatic rings. The summed E-state index contributed by atoms with van der Waals surface area (Å²) in [5.74, 6) is 1.72. The van der Waals surface area contributed by atoms with Crippen LogP contribution in [0.4, 0.5) is 0 Å². The Morgan fingerprint density at radius 2 is 2.04 bits per heavy atom. The van der Waals surface area contributed by atoms with Gasteiger partial charge in [0.15, 0.2) is 17.8 Å². The van der Waals surface area contributed by atoms with Gasteiger partial charge in [-0.05, 0) is 50.0 Å². The number of hydrogen-bond acceptors (Lipinski definition) is 5. The fraction of sp³-hybridized carbons (Fsp3) is 0.591. The maximum Gasteiger partial charge on any atom is 0.246 e. The minimum atomic E-state index is -0.163. The smallest absolute Gasteiger partial charge is 0.246 e. The Bertz CT molecular complexity index is 669. The molecule has 2 aliphatic heterocycles. The van der Waals surface area contributed by atoms with Gasteiger partial charge >= 0.3 is 0 Å². The molecule has 6 nitrogen and oxygen atoms in total. The van der Waals surface area contributed by atoms with Crippen LogP contribution in [0.1, 0.15) is 38.7 Å². The number of likely N-dealkylation sites (tertiary alicyclic amines) is 1. The van der Waals surface area contributed by atoms with Gasteiger partial charge in [-0.25, -0.2) is 0 Å². The summed E-state index contributed by atoms with van der Waals surface area (Å²) in [4.78, 5) is 14.5. The van der Waals surface area contributed by atoms with E-state index in [1.807, 2.05) is 36.1 Å². The molecule has 1 atom stereocenters. The van der Waals surface area contributed by atoms with Crippen molar-refractivity contribution in [3.8, 4) is 11.5 Å². The number of amides is 1. The first kappa shape index (κ1) is 20.7. The fourth-order valence-corrected chi connectivity index (χ4v) is 3.58. The molecule has 1 aromatic carbocycles. The van der Waals surface area contributed by atoms with E-state index in [0.29, 0.717) is 38.7 Å². The van der Waals surface area contributed by atoms with E-state index < -0.39 is 0 Å². The Morgan fingerprint density at radius 1 is 1.21 bits per heavy atom. The van der Waals surface area contributed by atoms with Gasteiger partial charge in [-0.15, -0.1) is 0 Å². The SMILES string of the molecule is CCCOc1ccc(/C=C/C(=O)N2CCCC(C3OCCO3)C2)cc1OCC. The van der Waals surface area contributed by atoms with E-state index in [0.717, 1.165) is 37.1 Å². The number of piperidine rings is 1. The Morgan fingerprint density at radius 3 is 2.79 bits per heavy atom. The number of nitrogens with zero attached hydrogens (tertiary/aromatic N) is 1. The summed E-state index contributed by atoms with van der Waals surface area (Å²) in [7, 11) is 0. The molecular weight excluding hydrogens is 358 g/mol. The van der Waals surface area contributed by atoms with Crippen LogP contribution in [0.5, 0.6) is 11.5 Å². The number of hydrogen-bond donors (Lipinski definition) is 0. The van der Waals surface area contributed by atoms with Crippen molar-refractivity contribution in [3.05, 3.63) is 29.8 Å². The normalized spacial score (nSPS) is 20.6. The molecule has 0 bridgehead atoms. The standard InChI is InChI=1S/C22H31NO5/c1-3-12-26-19-9-7-17(15-20(19)25-4-2)8-10-21(24)23-11-5-6-18(16-23)22-27-13-14-28-22/h7-10,15,18,22H,3-6,11-14,16H2,1-2H3/b10-8+. The van der Waals surface area contributed by atoms with Crippen LogP contribution in [0.25, 0.3) is 6.08 Å². The van der Waals surface area contributed by atoms with Crippen molar-refractivity contribution in [1.82, 2.24) is 4.90 Å². The number of ether oxygens (including phenoxy) is 4. The van der Waals surface area contributed by atoms with Gasteiger partial charge in [0.05, 0.1) is 26.4 Å². The van der Waals surface area contributed by atoms with Crippen molar-refractivity contribution in [2.45, 2.75) is 39.4 Å². The number of rotatable bonds is 8. The first-order valence-electron chi connectivity index (χ1n) is 10.3. The van der Waals surface area contributed by atoms with Crippen LogP contribution in [0.15, 0.2) is 24.3 Å². The van der Waals surface area contributed by atoms with Gasteiger partial charge in [-0.1, -0.05) is 13.0 Å². The molecule has 2 fully saturated rings. The van der Waals surface area contributed by atoms with Gasteiger partial charge < -0.3 is 23.8 Å². The molecule has 2 saturated heterocycles. The molecule has 2 heterocycles. The Labute approximate surface area is 167 Å². The average Bonchev–Trinajstić information content (AvgIpc) is 3.26. The molecular formula is C22H31NO5. The van der Waals surface area contributed by atoms with Gasteiger partial charge in [-0.3, -0.25) is 4.79 Å². The van der Waals surface area contributed by atoms with Gasteiger partial charge in [0.2, 0.25) is 5.91 Å². The second-order valence-corrected chi connectivity index (χ2v) is 7.12. The lowest BCUT2D eigenvalue weighted by atomic mass is 9.97. The second kappa shape index (κ2) is 10.5. The molecule has 3 rings (SSSR count). The van der Waals surface area contributed by atoms with Crippen molar-refractivity contribution in [1.29, 1.82) is 0 Å². The van der Waals surface area contributed by atoms with Crippen molar-refractivity contribution >= 4 is 12.0 Å². The van der Waals surface area contributed by atoms with Crippen molar-refractivity contribution in [2.24, 2.45) is 5.92 Å². The summed E-state index contributed by atoms with van der Waals surface area (Å²) in [5, 5.41) is 0. The highest BCUT2D eigenvalue weighted by Gasteiger charge is 2.32. The van der Waals surface area contributed by atoms with E-state index in [9.17, 15) is 4.79 Å². The zero-order chi connectivity index (χ0) is 19.8. The topological polar surface area (TPSA) is 57.2 Å². The van der Waals surface area contributed by atoms with Gasteiger partial charge in [-0.2, -0.15) is 0 Å². The minimum absolute atomic E-state index is 0.0203. The molecule has 0 N–H and O–H groups in total. The third-order valence-electron chi connectivity index (χ3n) is 4.95. The van der Waals surface area contributed by atoms with Crippen LogP contribution < -0.4 is 9.47 Å². The summed E-state index contributed by atoms with van der Waals surface area (Å²) in [6, 6.07) is 5.75. The highest BCUT2D eigenvalue weighted by molar-refractivity contribution is 5.92. The van der Waals surface area contributed by atoms with Crippen molar-refractivity contribution in [2.75, 3.05) is 39.5 Å². The highest BCUT2D eigenvalue weighted by Crippen LogP contribution is 2.29. The van der Waals surface area contributed by atoms with Gasteiger partial charge in [0.1, 0.15) is 0 Å². The Balaban J connectivity index is 1.61. The lowest BCUT2D eigenvalue weighted by molar-refractivity contribution is -0.134. The first-order valence-corrected chi connectivity index (χ1v) is 10.3. The first-order chi connectivity index (χ1) is 13.7. The third kappa shape index (κ3) is 5.49. The fourth-order valence-electron chi connectivity index (χ4n) is 3.58. The quantitative estimate of drug-likeness (QED) is 0.637. The van der Waals surface area contributed by atoms with Crippen LogP contribution in [0.3, 0.4) is 0 Å². The molecule has 0 aromatic heterocycles. The van der Waals surface area contributed by atoms with E-state index in [-0.39, 0.29) is 18.1 Å². The van der Waals surface area contributed by atoms with E-state index >= 15 is 0 Å². The lowest BCUT2D eigenvalue weighted by Gasteiger charge is -2.34. The molecule has 1 amide bonds.